The van der Waals surface area contributed by atoms with E-state index in [9.17, 15) is 19.2 Å². The number of ether oxygens (including phenoxy) is 6. The maximum absolute atomic E-state index is 12.4. The van der Waals surface area contributed by atoms with Gasteiger partial charge in [-0.15, -0.1) is 0 Å². The van der Waals surface area contributed by atoms with Gasteiger partial charge in [0.25, 0.3) is 0 Å². The van der Waals surface area contributed by atoms with Crippen molar-refractivity contribution in [2.24, 2.45) is 11.7 Å². The Morgan fingerprint density at radius 3 is 1.49 bits per heavy atom. The van der Waals surface area contributed by atoms with Gasteiger partial charge in [-0.2, -0.15) is 0 Å². The van der Waals surface area contributed by atoms with Crippen LogP contribution in [-0.2, 0) is 65.4 Å². The average Bonchev–Trinajstić information content (AvgIpc) is 4.13. The molecule has 468 valence electrons. The van der Waals surface area contributed by atoms with E-state index in [1.54, 1.807) is 14.7 Å². The summed E-state index contributed by atoms with van der Waals surface area (Å²) in [6, 6.07) is 12.5. The summed E-state index contributed by atoms with van der Waals surface area (Å²) in [5, 5.41) is 0. The maximum Gasteiger partial charge on any atom is 0.414 e. The highest BCUT2D eigenvalue weighted by Gasteiger charge is 2.36. The van der Waals surface area contributed by atoms with Crippen LogP contribution in [-0.4, -0.2) is 193 Å². The van der Waals surface area contributed by atoms with Gasteiger partial charge in [-0.1, -0.05) is 6.07 Å². The normalized spacial score (nSPS) is 21.4. The van der Waals surface area contributed by atoms with E-state index in [1.807, 2.05) is 32.0 Å². The molecule has 85 heavy (non-hydrogen) atoms. The number of benzene rings is 3. The second-order valence-electron chi connectivity index (χ2n) is 23.3. The van der Waals surface area contributed by atoms with Gasteiger partial charge >= 0.3 is 18.3 Å². The number of anilines is 5. The fourth-order valence-corrected chi connectivity index (χ4v) is 12.4. The SMILES string of the molecule is COC(=O)N1c2ccc(Br)c(N)c2CC[C@@H]1C.COC(=O)N1c2ccc(CCCN3CCOCC3)c(N)c2CC[C@@H]1C.COC(=O)N1c2ccc3c(nc(C4CC4)n3CCN3CCOCC3)c2CC[C@@H]1C.NCCN1CCOCC1.O=CC1CC1. The molecule has 3 amide bonds. The van der Waals surface area contributed by atoms with Gasteiger partial charge in [-0.25, -0.2) is 19.4 Å². The van der Waals surface area contributed by atoms with Gasteiger partial charge in [0.1, 0.15) is 12.1 Å². The number of morpholine rings is 3. The number of nitrogens with two attached hydrogens (primary N) is 3. The fraction of sp³-hybridized carbons (Fsp3) is 0.635. The highest BCUT2D eigenvalue weighted by Crippen LogP contribution is 2.44. The number of aryl methyl sites for hydroxylation is 2. The Morgan fingerprint density at radius 1 is 0.588 bits per heavy atom. The second-order valence-corrected chi connectivity index (χ2v) is 24.2. The number of carbonyl (C=O) groups is 4. The Labute approximate surface area is 511 Å². The van der Waals surface area contributed by atoms with E-state index in [1.165, 1.54) is 56.6 Å². The van der Waals surface area contributed by atoms with Crippen LogP contribution in [0.3, 0.4) is 0 Å². The molecule has 5 fully saturated rings. The second kappa shape index (κ2) is 31.9. The molecule has 4 aromatic rings. The van der Waals surface area contributed by atoms with E-state index < -0.39 is 0 Å². The van der Waals surface area contributed by atoms with E-state index in [0.29, 0.717) is 17.5 Å². The predicted octanol–water partition coefficient (Wildman–Crippen LogP) is 8.41. The molecule has 21 nitrogen and oxygen atoms in total. The minimum absolute atomic E-state index is 0.131. The lowest BCUT2D eigenvalue weighted by Crippen LogP contribution is -2.42. The van der Waals surface area contributed by atoms with Crippen LogP contribution in [0.2, 0.25) is 0 Å². The highest BCUT2D eigenvalue weighted by molar-refractivity contribution is 9.10. The van der Waals surface area contributed by atoms with Gasteiger partial charge in [-0.3, -0.25) is 29.4 Å². The molecule has 6 aliphatic heterocycles. The van der Waals surface area contributed by atoms with Crippen molar-refractivity contribution in [3.8, 4) is 0 Å². The third kappa shape index (κ3) is 16.9. The molecular formula is C63H94BrN11O10. The number of rotatable bonds is 11. The third-order valence-electron chi connectivity index (χ3n) is 17.5. The number of aromatic nitrogens is 2. The van der Waals surface area contributed by atoms with Crippen molar-refractivity contribution < 1.29 is 47.6 Å². The van der Waals surface area contributed by atoms with E-state index >= 15 is 0 Å². The molecule has 2 saturated carbocycles. The predicted molar refractivity (Wildman–Crippen MR) is 337 cm³/mol. The van der Waals surface area contributed by atoms with Gasteiger partial charge in [0.05, 0.1) is 94.8 Å². The molecule has 0 radical (unpaired) electrons. The van der Waals surface area contributed by atoms with Crippen LogP contribution in [0, 0.1) is 5.92 Å². The average molecular weight is 1250 g/mol. The Bertz CT molecular complexity index is 2850. The van der Waals surface area contributed by atoms with Gasteiger partial charge in [0.2, 0.25) is 0 Å². The van der Waals surface area contributed by atoms with Crippen molar-refractivity contribution in [3.05, 3.63) is 68.9 Å². The smallest absolute Gasteiger partial charge is 0.414 e. The van der Waals surface area contributed by atoms with Crippen LogP contribution in [0.5, 0.6) is 0 Å². The topological polar surface area (TPSA) is 239 Å². The van der Waals surface area contributed by atoms with Crippen molar-refractivity contribution in [1.82, 2.24) is 24.3 Å². The number of imidazole rings is 1. The molecule has 12 rings (SSSR count). The minimum Gasteiger partial charge on any atom is -0.452 e. The molecule has 0 spiro atoms. The first-order valence-electron chi connectivity index (χ1n) is 30.9. The molecule has 3 saturated heterocycles. The van der Waals surface area contributed by atoms with Crippen LogP contribution in [0.15, 0.2) is 40.9 Å². The Hall–Kier alpha value is -5.59. The van der Waals surface area contributed by atoms with Gasteiger partial charge < -0.3 is 55.0 Å². The molecule has 8 aliphatic rings. The van der Waals surface area contributed by atoms with Gasteiger partial charge in [0.15, 0.2) is 0 Å². The van der Waals surface area contributed by atoms with E-state index in [0.717, 1.165) is 226 Å². The third-order valence-corrected chi connectivity index (χ3v) is 18.1. The number of nitrogens with zero attached hydrogens (tertiary/aromatic N) is 8. The monoisotopic (exact) mass is 1240 g/mol. The number of aldehydes is 1. The van der Waals surface area contributed by atoms with Crippen molar-refractivity contribution >= 4 is 80.0 Å². The molecule has 0 bridgehead atoms. The number of methoxy groups -OCH3 is 3. The highest BCUT2D eigenvalue weighted by atomic mass is 79.9. The zero-order chi connectivity index (χ0) is 60.6. The summed E-state index contributed by atoms with van der Waals surface area (Å²) >= 11 is 3.40. The molecule has 0 unspecified atom stereocenters. The molecular weight excluding hydrogens is 1150 g/mol. The van der Waals surface area contributed by atoms with Crippen LogP contribution in [0.25, 0.3) is 11.0 Å². The Morgan fingerprint density at radius 2 is 1.04 bits per heavy atom. The van der Waals surface area contributed by atoms with Crippen molar-refractivity contribution in [2.75, 3.05) is 153 Å². The van der Waals surface area contributed by atoms with Gasteiger partial charge in [-0.05, 0) is 162 Å². The van der Waals surface area contributed by atoms with Crippen molar-refractivity contribution in [2.45, 2.75) is 128 Å². The first kappa shape index (κ1) is 65.4. The molecule has 3 atom stereocenters. The first-order chi connectivity index (χ1) is 41.2. The number of hydrogen-bond acceptors (Lipinski definition) is 17. The first-order valence-corrected chi connectivity index (χ1v) is 31.7. The van der Waals surface area contributed by atoms with E-state index in [2.05, 4.69) is 60.3 Å². The lowest BCUT2D eigenvalue weighted by atomic mass is 9.92. The number of amides is 3. The quantitative estimate of drug-likeness (QED) is 0.0725. The molecule has 1 aromatic heterocycles. The molecule has 7 heterocycles. The van der Waals surface area contributed by atoms with E-state index in [-0.39, 0.29) is 36.4 Å². The maximum atomic E-state index is 12.4. The summed E-state index contributed by atoms with van der Waals surface area (Å²) in [5.41, 5.74) is 28.9. The van der Waals surface area contributed by atoms with E-state index in [4.69, 9.17) is 50.6 Å². The number of fused-ring (bicyclic) bond motifs is 5. The zero-order valence-electron chi connectivity index (χ0n) is 51.2. The number of halogens is 1. The zero-order valence-corrected chi connectivity index (χ0v) is 52.8. The fourth-order valence-electron chi connectivity index (χ4n) is 12.0. The molecule has 22 heteroatoms. The summed E-state index contributed by atoms with van der Waals surface area (Å²) in [7, 11) is 4.27. The van der Waals surface area contributed by atoms with Crippen LogP contribution in [0.1, 0.15) is 106 Å². The molecule has 2 aliphatic carbocycles. The van der Waals surface area contributed by atoms with Crippen molar-refractivity contribution in [1.29, 1.82) is 0 Å². The van der Waals surface area contributed by atoms with Crippen LogP contribution in [0.4, 0.5) is 42.8 Å². The number of hydrogen-bond donors (Lipinski definition) is 3. The lowest BCUT2D eigenvalue weighted by Gasteiger charge is -2.35. The van der Waals surface area contributed by atoms with Crippen LogP contribution < -0.4 is 31.9 Å². The summed E-state index contributed by atoms with van der Waals surface area (Å²) in [6.45, 7) is 22.2. The minimum atomic E-state index is -0.333. The number of carbonyl (C=O) groups excluding carboxylic acids is 4. The Kier molecular flexibility index (Phi) is 24.5. The summed E-state index contributed by atoms with van der Waals surface area (Å²) in [6.07, 6.45) is 12.4. The van der Waals surface area contributed by atoms with Crippen LogP contribution >= 0.6 is 15.9 Å². The van der Waals surface area contributed by atoms with Crippen molar-refractivity contribution in [3.63, 3.8) is 0 Å². The largest absolute Gasteiger partial charge is 0.452 e. The standard InChI is InChI=1S/C22H30N4O3.C19H29N3O3.C12H15BrN2O2.C6H14N2O.C4H6O/c1-15-3-6-17-18(26(15)22(27)28-2)7-8-19-20(17)23-21(16-4-5-16)25(19)10-9-24-11-13-29-14-12-24;1-14-5-7-16-17(22(14)19(23)24-2)8-6-15(18(16)20)4-3-9-21-10-12-25-13-11-21;1-7-3-4-8-10(15(7)12(16)17-2)6-5-9(13)11(8)14;7-1-2-8-3-5-9-6-4-8;5-3-4-1-2-4/h7-8,15-16H,3-6,9-14H2,1-2H3;6,8,14H,3-5,7,9-13,20H2,1-2H3;5-7H,3-4,14H2,1-2H3;1-7H2;3-4H,1-2H2/t15-;14-;7-;;/m000../s1. The molecule has 6 N–H and O–H groups in total. The summed E-state index contributed by atoms with van der Waals surface area (Å²) in [4.78, 5) is 63.5. The summed E-state index contributed by atoms with van der Waals surface area (Å²) in [5.74, 6) is 2.27. The Balaban J connectivity index is 0.000000152. The molecule has 3 aromatic carbocycles. The number of nitrogen functional groups attached to an aromatic ring is 2. The van der Waals surface area contributed by atoms with Gasteiger partial charge in [0, 0.05) is 117 Å². The summed E-state index contributed by atoms with van der Waals surface area (Å²) < 4.78 is 34.2. The lowest BCUT2D eigenvalue weighted by molar-refractivity contribution is -0.108.